The third kappa shape index (κ3) is 57.1. The lowest BCUT2D eigenvalue weighted by Gasteiger charge is -2.22. The highest BCUT2D eigenvalue weighted by atomic mass is 16.5. The Morgan fingerprint density at radius 3 is 1.17 bits per heavy atom. The second kappa shape index (κ2) is 61.4. The van der Waals surface area contributed by atoms with Gasteiger partial charge in [-0.1, -0.05) is 281 Å². The minimum atomic E-state index is -0.673. The zero-order chi connectivity index (χ0) is 52.2. The molecule has 0 bridgehead atoms. The van der Waals surface area contributed by atoms with Crippen molar-refractivity contribution < 1.29 is 24.5 Å². The molecule has 0 radical (unpaired) electrons. The van der Waals surface area contributed by atoms with Gasteiger partial charge in [-0.15, -0.1) is 0 Å². The Morgan fingerprint density at radius 1 is 0.403 bits per heavy atom. The molecule has 2 atom stereocenters. The van der Waals surface area contributed by atoms with Gasteiger partial charge in [0.25, 0.3) is 0 Å². The average Bonchev–Trinajstić information content (AvgIpc) is 3.38. The number of aliphatic hydroxyl groups is 2. The van der Waals surface area contributed by atoms with Crippen molar-refractivity contribution in [3.63, 3.8) is 0 Å². The molecule has 0 fully saturated rings. The van der Waals surface area contributed by atoms with E-state index in [0.717, 1.165) is 77.0 Å². The third-order valence-electron chi connectivity index (χ3n) is 14.6. The molecule has 1 amide bonds. The molecule has 0 aromatic heterocycles. The molecule has 0 aliphatic rings. The topological polar surface area (TPSA) is 95.9 Å². The van der Waals surface area contributed by atoms with Gasteiger partial charge in [-0.05, 0) is 89.9 Å². The van der Waals surface area contributed by atoms with Crippen LogP contribution in [0.25, 0.3) is 0 Å². The molecule has 0 heterocycles. The zero-order valence-electron chi connectivity index (χ0n) is 48.2. The normalized spacial score (nSPS) is 12.9. The fraction of sp³-hybridized carbons (Fsp3) is 0.848. The first-order valence-corrected chi connectivity index (χ1v) is 31.9. The van der Waals surface area contributed by atoms with Crippen LogP contribution in [0.5, 0.6) is 0 Å². The van der Waals surface area contributed by atoms with Gasteiger partial charge in [-0.3, -0.25) is 9.59 Å². The van der Waals surface area contributed by atoms with E-state index in [0.29, 0.717) is 25.9 Å². The summed E-state index contributed by atoms with van der Waals surface area (Å²) in [6.45, 7) is 4.90. The van der Waals surface area contributed by atoms with Crippen LogP contribution in [0.1, 0.15) is 335 Å². The largest absolute Gasteiger partial charge is 0.466 e. The first-order valence-electron chi connectivity index (χ1n) is 31.9. The summed E-state index contributed by atoms with van der Waals surface area (Å²) in [5.74, 6) is -0.0640. The number of hydrogen-bond acceptors (Lipinski definition) is 5. The number of aliphatic hydroxyl groups excluding tert-OH is 2. The number of ether oxygens (including phenoxy) is 1. The number of amides is 1. The average molecular weight is 1010 g/mol. The number of rotatable bonds is 59. The van der Waals surface area contributed by atoms with Crippen molar-refractivity contribution in [2.24, 2.45) is 0 Å². The van der Waals surface area contributed by atoms with Gasteiger partial charge in [0.05, 0.1) is 25.4 Å². The van der Waals surface area contributed by atoms with Gasteiger partial charge in [0.15, 0.2) is 0 Å². The van der Waals surface area contributed by atoms with Crippen LogP contribution in [0.3, 0.4) is 0 Å². The Labute approximate surface area is 448 Å². The van der Waals surface area contributed by atoms with Crippen molar-refractivity contribution in [3.05, 3.63) is 48.6 Å². The highest BCUT2D eigenvalue weighted by molar-refractivity contribution is 5.76. The van der Waals surface area contributed by atoms with Gasteiger partial charge in [0.2, 0.25) is 5.91 Å². The smallest absolute Gasteiger partial charge is 0.305 e. The molecule has 0 aliphatic carbocycles. The molecule has 3 N–H and O–H groups in total. The van der Waals surface area contributed by atoms with E-state index in [1.54, 1.807) is 0 Å². The predicted octanol–water partition coefficient (Wildman–Crippen LogP) is 20.1. The molecule has 6 heteroatoms. The summed E-state index contributed by atoms with van der Waals surface area (Å²) in [5.41, 5.74) is 0. The van der Waals surface area contributed by atoms with E-state index in [-0.39, 0.29) is 18.5 Å². The van der Waals surface area contributed by atoms with Crippen LogP contribution < -0.4 is 5.32 Å². The van der Waals surface area contributed by atoms with Crippen molar-refractivity contribution in [3.8, 4) is 0 Å². The van der Waals surface area contributed by atoms with Crippen molar-refractivity contribution in [1.82, 2.24) is 5.32 Å². The van der Waals surface area contributed by atoms with Crippen LogP contribution in [0.2, 0.25) is 0 Å². The molecule has 0 aliphatic heterocycles. The Morgan fingerprint density at radius 2 is 0.736 bits per heavy atom. The summed E-state index contributed by atoms with van der Waals surface area (Å²) in [5, 5.41) is 23.4. The van der Waals surface area contributed by atoms with Crippen molar-refractivity contribution in [2.75, 3.05) is 13.2 Å². The lowest BCUT2D eigenvalue weighted by atomic mass is 10.0. The van der Waals surface area contributed by atoms with Crippen molar-refractivity contribution in [1.29, 1.82) is 0 Å². The molecule has 6 nitrogen and oxygen atoms in total. The number of esters is 1. The second-order valence-electron chi connectivity index (χ2n) is 21.8. The lowest BCUT2D eigenvalue weighted by molar-refractivity contribution is -0.143. The maximum Gasteiger partial charge on any atom is 0.305 e. The Balaban J connectivity index is 3.48. The molecule has 0 aromatic rings. The Bertz CT molecular complexity index is 1210. The Kier molecular flexibility index (Phi) is 59.5. The van der Waals surface area contributed by atoms with Gasteiger partial charge in [0.1, 0.15) is 0 Å². The highest BCUT2D eigenvalue weighted by Crippen LogP contribution is 2.17. The summed E-state index contributed by atoms with van der Waals surface area (Å²) < 4.78 is 5.46. The first-order chi connectivity index (χ1) is 35.5. The summed E-state index contributed by atoms with van der Waals surface area (Å²) in [4.78, 5) is 24.6. The standard InChI is InChI=1S/C66H123NO5/c1-3-5-7-9-11-13-15-17-19-21-23-27-30-34-38-42-46-50-54-58-64(69)63(62-68)67-65(70)59-55-51-47-43-39-35-31-28-24-22-25-29-33-37-41-45-49-53-57-61-72-66(71)60-56-52-48-44-40-36-32-26-20-18-16-14-12-10-8-6-4-2/h12,14,18,20,29,33,37,41,63-64,68-69H,3-11,13,15-17,19,21-28,30-32,34-36,38-40,42-62H2,1-2H3,(H,67,70)/b14-12-,20-18-,33-29-,41-37-. The van der Waals surface area contributed by atoms with Gasteiger partial charge in [-0.25, -0.2) is 0 Å². The monoisotopic (exact) mass is 1010 g/mol. The lowest BCUT2D eigenvalue weighted by Crippen LogP contribution is -2.45. The molecular weight excluding hydrogens is 887 g/mol. The van der Waals surface area contributed by atoms with Crippen LogP contribution in [-0.2, 0) is 14.3 Å². The number of nitrogens with one attached hydrogen (secondary N) is 1. The van der Waals surface area contributed by atoms with Gasteiger partial charge < -0.3 is 20.3 Å². The molecule has 0 saturated heterocycles. The highest BCUT2D eigenvalue weighted by Gasteiger charge is 2.20. The van der Waals surface area contributed by atoms with E-state index in [9.17, 15) is 19.8 Å². The van der Waals surface area contributed by atoms with Gasteiger partial charge >= 0.3 is 5.97 Å². The van der Waals surface area contributed by atoms with Gasteiger partial charge in [0, 0.05) is 12.8 Å². The maximum atomic E-state index is 12.5. The van der Waals surface area contributed by atoms with E-state index in [1.165, 1.54) is 225 Å². The summed E-state index contributed by atoms with van der Waals surface area (Å²) >= 11 is 0. The molecule has 0 spiro atoms. The summed E-state index contributed by atoms with van der Waals surface area (Å²) in [6, 6.07) is -0.551. The number of carbonyl (C=O) groups is 2. The predicted molar refractivity (Wildman–Crippen MR) is 315 cm³/mol. The molecule has 422 valence electrons. The quantitative estimate of drug-likeness (QED) is 0.0244. The van der Waals surface area contributed by atoms with Crippen LogP contribution in [-0.4, -0.2) is 47.4 Å². The van der Waals surface area contributed by atoms with Crippen LogP contribution in [0.15, 0.2) is 48.6 Å². The van der Waals surface area contributed by atoms with Crippen molar-refractivity contribution >= 4 is 11.9 Å². The number of allylic oxidation sites excluding steroid dienone is 8. The molecular formula is C66H123NO5. The van der Waals surface area contributed by atoms with E-state index in [1.807, 2.05) is 0 Å². The SMILES string of the molecule is CCCCC/C=C\C/C=C\CCCCCCCCCC(=O)OCCCCC/C=C\C=C/CCCCCCCCCCCCC(=O)NC(CO)C(O)CCCCCCCCCCCCCCCCCCCCC. The molecule has 72 heavy (non-hydrogen) atoms. The Hall–Kier alpha value is -2.18. The fourth-order valence-corrected chi connectivity index (χ4v) is 9.72. The second-order valence-corrected chi connectivity index (χ2v) is 21.8. The minimum Gasteiger partial charge on any atom is -0.466 e. The van der Waals surface area contributed by atoms with E-state index in [2.05, 4.69) is 67.8 Å². The fourth-order valence-electron chi connectivity index (χ4n) is 9.72. The molecule has 2 unspecified atom stereocenters. The summed E-state index contributed by atoms with van der Waals surface area (Å²) in [6.07, 6.45) is 78.3. The number of unbranched alkanes of at least 4 members (excludes halogenated alkanes) is 41. The number of carbonyl (C=O) groups excluding carboxylic acids is 2. The first kappa shape index (κ1) is 69.8. The third-order valence-corrected chi connectivity index (χ3v) is 14.6. The maximum absolute atomic E-state index is 12.5. The number of hydrogen-bond donors (Lipinski definition) is 3. The van der Waals surface area contributed by atoms with Crippen LogP contribution >= 0.6 is 0 Å². The zero-order valence-corrected chi connectivity index (χ0v) is 48.2. The van der Waals surface area contributed by atoms with Gasteiger partial charge in [-0.2, -0.15) is 0 Å². The van der Waals surface area contributed by atoms with E-state index >= 15 is 0 Å². The van der Waals surface area contributed by atoms with Crippen molar-refractivity contribution in [2.45, 2.75) is 347 Å². The van der Waals surface area contributed by atoms with Crippen LogP contribution in [0, 0.1) is 0 Å². The van der Waals surface area contributed by atoms with E-state index in [4.69, 9.17) is 4.74 Å². The van der Waals surface area contributed by atoms with Crippen LogP contribution in [0.4, 0.5) is 0 Å². The minimum absolute atomic E-state index is 0.0210. The molecule has 0 saturated carbocycles. The van der Waals surface area contributed by atoms with E-state index < -0.39 is 12.1 Å². The summed E-state index contributed by atoms with van der Waals surface area (Å²) in [7, 11) is 0. The molecule has 0 aromatic carbocycles. The molecule has 0 rings (SSSR count).